The number of nitrogens with zero attached hydrogens (tertiary/aromatic N) is 2. The van der Waals surface area contributed by atoms with E-state index < -0.39 is 16.1 Å². The highest BCUT2D eigenvalue weighted by atomic mass is 32.2. The van der Waals surface area contributed by atoms with Gasteiger partial charge < -0.3 is 9.64 Å². The number of rotatable bonds is 10. The van der Waals surface area contributed by atoms with Crippen molar-refractivity contribution in [1.29, 1.82) is 0 Å². The highest BCUT2D eigenvalue weighted by molar-refractivity contribution is 7.89. The van der Waals surface area contributed by atoms with Crippen LogP contribution < -0.4 is 9.46 Å². The maximum Gasteiger partial charge on any atom is 0.241 e. The lowest BCUT2D eigenvalue weighted by Crippen LogP contribution is -2.55. The summed E-state index contributed by atoms with van der Waals surface area (Å²) in [5, 5.41) is 0. The van der Waals surface area contributed by atoms with Crippen LogP contribution in [0.15, 0.2) is 89.8 Å². The van der Waals surface area contributed by atoms with E-state index in [-0.39, 0.29) is 17.2 Å². The maximum absolute atomic E-state index is 13.6. The molecule has 1 aliphatic heterocycles. The highest BCUT2D eigenvalue weighted by Gasteiger charge is 2.31. The molecule has 0 aliphatic carbocycles. The summed E-state index contributed by atoms with van der Waals surface area (Å²) in [7, 11) is -2.39. The minimum absolute atomic E-state index is 0.108. The SMILES string of the molecule is COc1ccc(S(=O)(=O)N[C@H](Cc2ccccc2)C(=O)N2CCN(C/C=C/c3ccccc3)CC2)cc1C. The second-order valence-electron chi connectivity index (χ2n) is 9.43. The van der Waals surface area contributed by atoms with E-state index in [4.69, 9.17) is 4.74 Å². The number of ether oxygens (including phenoxy) is 1. The number of amides is 1. The number of sulfonamides is 1. The molecule has 8 heteroatoms. The zero-order valence-electron chi connectivity index (χ0n) is 21.9. The van der Waals surface area contributed by atoms with Gasteiger partial charge in [0.2, 0.25) is 15.9 Å². The van der Waals surface area contributed by atoms with Crippen molar-refractivity contribution < 1.29 is 17.9 Å². The second-order valence-corrected chi connectivity index (χ2v) is 11.1. The number of hydrogen-bond donors (Lipinski definition) is 1. The van der Waals surface area contributed by atoms with Crippen LogP contribution in [0.1, 0.15) is 16.7 Å². The predicted octanol–water partition coefficient (Wildman–Crippen LogP) is 3.75. The third-order valence-corrected chi connectivity index (χ3v) is 8.18. The van der Waals surface area contributed by atoms with Crippen molar-refractivity contribution in [1.82, 2.24) is 14.5 Å². The smallest absolute Gasteiger partial charge is 0.241 e. The van der Waals surface area contributed by atoms with E-state index in [2.05, 4.69) is 33.9 Å². The minimum atomic E-state index is -3.93. The summed E-state index contributed by atoms with van der Waals surface area (Å²) >= 11 is 0. The first-order valence-electron chi connectivity index (χ1n) is 12.8. The molecule has 0 bridgehead atoms. The fraction of sp³-hybridized carbons (Fsp3) is 0.300. The number of carbonyl (C=O) groups is 1. The van der Waals surface area contributed by atoms with Crippen molar-refractivity contribution in [2.24, 2.45) is 0 Å². The number of piperazine rings is 1. The number of benzene rings is 3. The molecule has 0 unspecified atom stereocenters. The van der Waals surface area contributed by atoms with E-state index in [0.717, 1.165) is 30.8 Å². The Morgan fingerprint density at radius 1 is 0.974 bits per heavy atom. The molecule has 0 spiro atoms. The Morgan fingerprint density at radius 2 is 1.63 bits per heavy atom. The Balaban J connectivity index is 1.43. The fourth-order valence-electron chi connectivity index (χ4n) is 4.58. The molecule has 1 aliphatic rings. The van der Waals surface area contributed by atoms with Gasteiger partial charge in [-0.2, -0.15) is 4.72 Å². The lowest BCUT2D eigenvalue weighted by Gasteiger charge is -2.36. The van der Waals surface area contributed by atoms with Crippen molar-refractivity contribution in [3.05, 3.63) is 102 Å². The molecule has 1 saturated heterocycles. The van der Waals surface area contributed by atoms with E-state index in [1.807, 2.05) is 48.5 Å². The molecule has 1 N–H and O–H groups in total. The Labute approximate surface area is 225 Å². The van der Waals surface area contributed by atoms with Gasteiger partial charge >= 0.3 is 0 Å². The molecule has 1 heterocycles. The van der Waals surface area contributed by atoms with Gasteiger partial charge in [-0.15, -0.1) is 0 Å². The molecule has 7 nitrogen and oxygen atoms in total. The van der Waals surface area contributed by atoms with Crippen LogP contribution in [0.4, 0.5) is 0 Å². The first-order valence-corrected chi connectivity index (χ1v) is 14.3. The van der Waals surface area contributed by atoms with E-state index in [1.165, 1.54) is 6.07 Å². The topological polar surface area (TPSA) is 78.9 Å². The molecule has 3 aromatic rings. The van der Waals surface area contributed by atoms with Gasteiger partial charge in [0.25, 0.3) is 0 Å². The van der Waals surface area contributed by atoms with Crippen LogP contribution in [0.25, 0.3) is 6.08 Å². The van der Waals surface area contributed by atoms with Crippen molar-refractivity contribution in [2.45, 2.75) is 24.3 Å². The summed E-state index contributed by atoms with van der Waals surface area (Å²) in [6.45, 7) is 5.15. The molecule has 0 aromatic heterocycles. The number of hydrogen-bond acceptors (Lipinski definition) is 5. The first-order chi connectivity index (χ1) is 18.4. The van der Waals surface area contributed by atoms with Gasteiger partial charge in [-0.1, -0.05) is 72.8 Å². The number of nitrogens with one attached hydrogen (secondary N) is 1. The summed E-state index contributed by atoms with van der Waals surface area (Å²) < 4.78 is 34.6. The Kier molecular flexibility index (Phi) is 9.33. The molecule has 1 amide bonds. The van der Waals surface area contributed by atoms with E-state index in [0.29, 0.717) is 24.4 Å². The second kappa shape index (κ2) is 12.9. The van der Waals surface area contributed by atoms with Crippen LogP contribution in [0.5, 0.6) is 5.75 Å². The summed E-state index contributed by atoms with van der Waals surface area (Å²) in [5.74, 6) is 0.402. The zero-order valence-corrected chi connectivity index (χ0v) is 22.7. The average molecular weight is 534 g/mol. The summed E-state index contributed by atoms with van der Waals surface area (Å²) in [6, 6.07) is 23.4. The lowest BCUT2D eigenvalue weighted by atomic mass is 10.1. The zero-order chi connectivity index (χ0) is 27.0. The molecule has 3 aromatic carbocycles. The number of methoxy groups -OCH3 is 1. The van der Waals surface area contributed by atoms with E-state index >= 15 is 0 Å². The van der Waals surface area contributed by atoms with Gasteiger partial charge in [0.1, 0.15) is 11.8 Å². The summed E-state index contributed by atoms with van der Waals surface area (Å²) in [5.41, 5.74) is 2.76. The average Bonchev–Trinajstić information content (AvgIpc) is 2.94. The van der Waals surface area contributed by atoms with E-state index in [9.17, 15) is 13.2 Å². The molecular formula is C30H35N3O4S. The Bertz CT molecular complexity index is 1340. The standard InChI is InChI=1S/C30H35N3O4S/c1-24-22-27(15-16-29(24)37-2)38(35,36)31-28(23-26-12-7-4-8-13-26)30(34)33-20-18-32(19-21-33)17-9-14-25-10-5-3-6-11-25/h3-16,22,28,31H,17-21,23H2,1-2H3/b14-9+/t28-/m1/s1. The summed E-state index contributed by atoms with van der Waals surface area (Å²) in [4.78, 5) is 17.8. The van der Waals surface area contributed by atoms with Crippen LogP contribution in [0.2, 0.25) is 0 Å². The van der Waals surface area contributed by atoms with Gasteiger partial charge in [-0.25, -0.2) is 8.42 Å². The normalized spacial score (nSPS) is 15.5. The van der Waals surface area contributed by atoms with Gasteiger partial charge in [0.15, 0.2) is 0 Å². The molecule has 38 heavy (non-hydrogen) atoms. The van der Waals surface area contributed by atoms with Crippen LogP contribution >= 0.6 is 0 Å². The molecule has 0 saturated carbocycles. The molecule has 1 atom stereocenters. The first kappa shape index (κ1) is 27.6. The molecule has 0 radical (unpaired) electrons. The van der Waals surface area contributed by atoms with Crippen LogP contribution in [0.3, 0.4) is 0 Å². The molecule has 1 fully saturated rings. The third kappa shape index (κ3) is 7.31. The maximum atomic E-state index is 13.6. The van der Waals surface area contributed by atoms with Crippen LogP contribution in [0, 0.1) is 6.92 Å². The highest BCUT2D eigenvalue weighted by Crippen LogP contribution is 2.22. The van der Waals surface area contributed by atoms with Crippen LogP contribution in [-0.2, 0) is 21.2 Å². The molecular weight excluding hydrogens is 498 g/mol. The predicted molar refractivity (Wildman–Crippen MR) is 150 cm³/mol. The Morgan fingerprint density at radius 3 is 2.26 bits per heavy atom. The quantitative estimate of drug-likeness (QED) is 0.430. The van der Waals surface area contributed by atoms with Crippen molar-refractivity contribution in [2.75, 3.05) is 39.8 Å². The van der Waals surface area contributed by atoms with Gasteiger partial charge in [-0.3, -0.25) is 9.69 Å². The number of carbonyl (C=O) groups excluding carboxylic acids is 1. The monoisotopic (exact) mass is 533 g/mol. The molecule has 4 rings (SSSR count). The largest absolute Gasteiger partial charge is 0.496 e. The van der Waals surface area contributed by atoms with Gasteiger partial charge in [-0.05, 0) is 48.2 Å². The fourth-order valence-corrected chi connectivity index (χ4v) is 5.85. The van der Waals surface area contributed by atoms with Crippen molar-refractivity contribution in [3.63, 3.8) is 0 Å². The minimum Gasteiger partial charge on any atom is -0.496 e. The lowest BCUT2D eigenvalue weighted by molar-refractivity contribution is -0.134. The van der Waals surface area contributed by atoms with Crippen LogP contribution in [-0.4, -0.2) is 70.0 Å². The molecule has 200 valence electrons. The van der Waals surface area contributed by atoms with E-state index in [1.54, 1.807) is 31.1 Å². The third-order valence-electron chi connectivity index (χ3n) is 6.71. The summed E-state index contributed by atoms with van der Waals surface area (Å²) in [6.07, 6.45) is 4.51. The Hall–Kier alpha value is -3.46. The number of aryl methyl sites for hydroxylation is 1. The van der Waals surface area contributed by atoms with Gasteiger partial charge in [0.05, 0.1) is 12.0 Å². The van der Waals surface area contributed by atoms with Crippen molar-refractivity contribution >= 4 is 22.0 Å². The van der Waals surface area contributed by atoms with Gasteiger partial charge in [0, 0.05) is 32.7 Å². The van der Waals surface area contributed by atoms with Crippen molar-refractivity contribution in [3.8, 4) is 5.75 Å².